The molecule has 2 aromatic heterocycles. The van der Waals surface area contributed by atoms with Crippen LogP contribution in [0.5, 0.6) is 5.75 Å². The summed E-state index contributed by atoms with van der Waals surface area (Å²) in [6.45, 7) is 2.46. The van der Waals surface area contributed by atoms with Crippen LogP contribution in [0.25, 0.3) is 16.6 Å². The molecule has 0 saturated heterocycles. The summed E-state index contributed by atoms with van der Waals surface area (Å²) in [7, 11) is 0. The largest absolute Gasteiger partial charge is 1.00 e. The van der Waals surface area contributed by atoms with Crippen molar-refractivity contribution in [3.63, 3.8) is 0 Å². The van der Waals surface area contributed by atoms with Gasteiger partial charge in [0.2, 0.25) is 0 Å². The van der Waals surface area contributed by atoms with Crippen LogP contribution in [0.1, 0.15) is 18.8 Å². The van der Waals surface area contributed by atoms with Crippen LogP contribution < -0.4 is 34.3 Å². The first-order valence-corrected chi connectivity index (χ1v) is 5.97. The van der Waals surface area contributed by atoms with E-state index in [1.807, 2.05) is 31.2 Å². The van der Waals surface area contributed by atoms with Crippen LogP contribution in [0.2, 0.25) is 0 Å². The molecule has 0 unspecified atom stereocenters. The molecule has 0 saturated carbocycles. The maximum atomic E-state index is 11.0. The first-order valence-electron chi connectivity index (χ1n) is 5.97. The molecule has 5 nitrogen and oxygen atoms in total. The zero-order chi connectivity index (χ0) is 13.4. The van der Waals surface area contributed by atoms with Crippen molar-refractivity contribution in [2.24, 2.45) is 0 Å². The number of carboxylic acid groups (broad SMARTS) is 1. The fraction of sp³-hybridized carbons (Fsp3) is 0.143. The van der Waals surface area contributed by atoms with E-state index in [1.165, 1.54) is 6.20 Å². The number of carbonyl (C=O) groups is 1. The van der Waals surface area contributed by atoms with Gasteiger partial charge in [-0.15, -0.1) is 0 Å². The van der Waals surface area contributed by atoms with E-state index >= 15 is 0 Å². The Bertz CT molecular complexity index is 788. The number of carboxylic acids is 1. The number of pyridine rings is 1. The fourth-order valence-corrected chi connectivity index (χ4v) is 2.15. The van der Waals surface area contributed by atoms with E-state index in [9.17, 15) is 4.79 Å². The van der Waals surface area contributed by atoms with Gasteiger partial charge in [-0.05, 0) is 19.1 Å². The molecule has 98 valence electrons. The van der Waals surface area contributed by atoms with Gasteiger partial charge in [0.25, 0.3) is 0 Å². The summed E-state index contributed by atoms with van der Waals surface area (Å²) in [4.78, 5) is 15.1. The molecule has 1 aromatic carbocycles. The number of benzene rings is 1. The van der Waals surface area contributed by atoms with Crippen LogP contribution in [0.15, 0.2) is 36.5 Å². The Labute approximate surface area is 139 Å². The van der Waals surface area contributed by atoms with Gasteiger partial charge < -0.3 is 11.3 Å². The summed E-state index contributed by atoms with van der Waals surface area (Å²) < 4.78 is 7.36. The molecular formula is C14H13N2NaO3. The molecule has 3 aromatic rings. The summed E-state index contributed by atoms with van der Waals surface area (Å²) in [5, 5.41) is 9.96. The Morgan fingerprint density at radius 3 is 2.90 bits per heavy atom. The van der Waals surface area contributed by atoms with E-state index in [1.54, 1.807) is 10.5 Å². The quantitative estimate of drug-likeness (QED) is 0.669. The van der Waals surface area contributed by atoms with Gasteiger partial charge in [-0.25, -0.2) is 9.78 Å². The minimum atomic E-state index is -1.04. The molecule has 0 atom stereocenters. The molecule has 0 bridgehead atoms. The number of imidazole rings is 1. The van der Waals surface area contributed by atoms with Crippen LogP contribution in [-0.2, 0) is 0 Å². The van der Waals surface area contributed by atoms with Gasteiger partial charge in [-0.2, -0.15) is 0 Å². The van der Waals surface area contributed by atoms with Gasteiger partial charge in [0.1, 0.15) is 11.4 Å². The first-order chi connectivity index (χ1) is 9.20. The molecule has 3 rings (SSSR count). The van der Waals surface area contributed by atoms with Gasteiger partial charge in [0.05, 0.1) is 12.1 Å². The van der Waals surface area contributed by atoms with Gasteiger partial charge in [-0.3, -0.25) is 4.40 Å². The number of fused-ring (bicyclic) bond motifs is 3. The molecule has 0 fully saturated rings. The topological polar surface area (TPSA) is 63.8 Å². The Hall–Kier alpha value is -1.56. The molecule has 1 N–H and O–H groups in total. The van der Waals surface area contributed by atoms with Crippen molar-refractivity contribution in [1.29, 1.82) is 0 Å². The molecule has 0 aliphatic rings. The Morgan fingerprint density at radius 2 is 2.20 bits per heavy atom. The third kappa shape index (κ3) is 2.40. The predicted molar refractivity (Wildman–Crippen MR) is 71.9 cm³/mol. The van der Waals surface area contributed by atoms with Crippen molar-refractivity contribution in [2.45, 2.75) is 6.92 Å². The third-order valence-electron chi connectivity index (χ3n) is 2.94. The number of rotatable bonds is 3. The standard InChI is InChI=1S/C14H12N2O3.Na.H/c1-2-19-12-7-13-15-10(14(17)18)8-16(13)11-6-4-3-5-9(11)12;;/h3-8H,2H2,1H3,(H,17,18);;/q;+1;-1. The third-order valence-corrected chi connectivity index (χ3v) is 2.94. The predicted octanol–water partition coefficient (Wildman–Crippen LogP) is -0.299. The molecule has 0 amide bonds. The van der Waals surface area contributed by atoms with E-state index in [2.05, 4.69) is 4.98 Å². The molecule has 0 aliphatic carbocycles. The normalized spacial score (nSPS) is 10.4. The van der Waals surface area contributed by atoms with Crippen molar-refractivity contribution in [2.75, 3.05) is 6.61 Å². The second-order valence-electron chi connectivity index (χ2n) is 4.12. The molecule has 2 heterocycles. The smallest absolute Gasteiger partial charge is 1.00 e. The van der Waals surface area contributed by atoms with Gasteiger partial charge in [-0.1, -0.05) is 12.1 Å². The number of nitrogens with zero attached hydrogens (tertiary/aromatic N) is 2. The monoisotopic (exact) mass is 280 g/mol. The SMILES string of the molecule is CCOc1cc2nc(C(=O)O)cn2c2ccccc12.[H-].[Na+]. The second-order valence-corrected chi connectivity index (χ2v) is 4.12. The zero-order valence-corrected chi connectivity index (χ0v) is 13.3. The van der Waals surface area contributed by atoms with Crippen LogP contribution in [-0.4, -0.2) is 27.1 Å². The van der Waals surface area contributed by atoms with Crippen molar-refractivity contribution in [3.05, 3.63) is 42.2 Å². The maximum Gasteiger partial charge on any atom is 1.00 e. The van der Waals surface area contributed by atoms with E-state index in [4.69, 9.17) is 9.84 Å². The summed E-state index contributed by atoms with van der Waals surface area (Å²) in [5.41, 5.74) is 1.47. The molecular weight excluding hydrogens is 267 g/mol. The molecule has 6 heteroatoms. The minimum Gasteiger partial charge on any atom is -1.00 e. The first kappa shape index (κ1) is 14.8. The summed E-state index contributed by atoms with van der Waals surface area (Å²) in [6.07, 6.45) is 1.52. The van der Waals surface area contributed by atoms with Crippen molar-refractivity contribution < 1.29 is 45.6 Å². The van der Waals surface area contributed by atoms with Gasteiger partial charge in [0.15, 0.2) is 5.69 Å². The molecule has 0 aliphatic heterocycles. The number of aromatic carboxylic acids is 1. The van der Waals surface area contributed by atoms with E-state index in [-0.39, 0.29) is 36.7 Å². The van der Waals surface area contributed by atoms with E-state index < -0.39 is 5.97 Å². The van der Waals surface area contributed by atoms with Crippen LogP contribution in [0, 0.1) is 0 Å². The second kappa shape index (κ2) is 5.83. The number of aromatic nitrogens is 2. The van der Waals surface area contributed by atoms with Crippen LogP contribution >= 0.6 is 0 Å². The number of para-hydroxylation sites is 1. The van der Waals surface area contributed by atoms with Crippen molar-refractivity contribution in [1.82, 2.24) is 9.38 Å². The summed E-state index contributed by atoms with van der Waals surface area (Å²) >= 11 is 0. The summed E-state index contributed by atoms with van der Waals surface area (Å²) in [5.74, 6) is -0.320. The Balaban J connectivity index is 0.00000110. The molecule has 0 spiro atoms. The van der Waals surface area contributed by atoms with Crippen molar-refractivity contribution in [3.8, 4) is 5.75 Å². The Morgan fingerprint density at radius 1 is 1.45 bits per heavy atom. The minimum absolute atomic E-state index is 0. The zero-order valence-electron chi connectivity index (χ0n) is 12.3. The average Bonchev–Trinajstić information content (AvgIpc) is 2.83. The summed E-state index contributed by atoms with van der Waals surface area (Å²) in [6, 6.07) is 9.44. The van der Waals surface area contributed by atoms with Gasteiger partial charge in [0, 0.05) is 17.6 Å². The number of hydrogen-bond acceptors (Lipinski definition) is 3. The fourth-order valence-electron chi connectivity index (χ4n) is 2.15. The van der Waals surface area contributed by atoms with E-state index in [0.29, 0.717) is 18.0 Å². The molecule has 20 heavy (non-hydrogen) atoms. The molecule has 0 radical (unpaired) electrons. The Kier molecular flexibility index (Phi) is 4.32. The van der Waals surface area contributed by atoms with E-state index in [0.717, 1.165) is 10.9 Å². The van der Waals surface area contributed by atoms with Crippen LogP contribution in [0.4, 0.5) is 0 Å². The van der Waals surface area contributed by atoms with Crippen LogP contribution in [0.3, 0.4) is 0 Å². The average molecular weight is 280 g/mol. The maximum absolute atomic E-state index is 11.0. The number of hydrogen-bond donors (Lipinski definition) is 1. The van der Waals surface area contributed by atoms with Gasteiger partial charge >= 0.3 is 35.5 Å². The number of ether oxygens (including phenoxy) is 1. The van der Waals surface area contributed by atoms with Crippen molar-refractivity contribution >= 4 is 22.5 Å².